The number of nitro benzene ring substituents is 1. The Morgan fingerprint density at radius 3 is 2.46 bits per heavy atom. The zero-order chi connectivity index (χ0) is 20.7. The highest BCUT2D eigenvalue weighted by atomic mass is 32.1. The molecule has 0 radical (unpaired) electrons. The van der Waals surface area contributed by atoms with Crippen molar-refractivity contribution in [1.29, 1.82) is 0 Å². The zero-order valence-electron chi connectivity index (χ0n) is 15.9. The average Bonchev–Trinajstić information content (AvgIpc) is 3.11. The molecule has 2 heterocycles. The molecule has 0 saturated carbocycles. The first-order chi connectivity index (χ1) is 13.5. The number of carbonyl (C=O) groups excluding carboxylic acids is 1. The van der Waals surface area contributed by atoms with E-state index < -0.39 is 11.0 Å². The number of nitrogens with zero attached hydrogens (tertiary/aromatic N) is 4. The second kappa shape index (κ2) is 9.56. The lowest BCUT2D eigenvalue weighted by atomic mass is 10.3. The van der Waals surface area contributed by atoms with Gasteiger partial charge in [-0.15, -0.1) is 0 Å². The van der Waals surface area contributed by atoms with Crippen LogP contribution in [0.2, 0.25) is 0 Å². The highest BCUT2D eigenvalue weighted by Gasteiger charge is 2.20. The maximum atomic E-state index is 12.4. The fraction of sp³-hybridized carbons (Fsp3) is 0.211. The SMILES string of the molecule is CC.Cc1nc(-c2cccnc2)sc1N(C)C(=O)Oc1ccc([N+](=O)[O-])cc1. The molecule has 9 heteroatoms. The molecule has 3 rings (SSSR count). The predicted molar refractivity (Wildman–Crippen MR) is 109 cm³/mol. The van der Waals surface area contributed by atoms with E-state index in [1.165, 1.54) is 40.5 Å². The number of aryl methyl sites for hydroxylation is 1. The van der Waals surface area contributed by atoms with Gasteiger partial charge in [0.15, 0.2) is 0 Å². The van der Waals surface area contributed by atoms with Crippen LogP contribution in [0.25, 0.3) is 10.6 Å². The molecule has 0 aliphatic rings. The van der Waals surface area contributed by atoms with Crippen molar-refractivity contribution in [1.82, 2.24) is 9.97 Å². The molecule has 0 aliphatic heterocycles. The van der Waals surface area contributed by atoms with Crippen molar-refractivity contribution in [2.24, 2.45) is 0 Å². The van der Waals surface area contributed by atoms with E-state index in [0.29, 0.717) is 10.7 Å². The minimum absolute atomic E-state index is 0.0717. The molecule has 0 saturated heterocycles. The number of pyridine rings is 1. The van der Waals surface area contributed by atoms with Crippen LogP contribution >= 0.6 is 11.3 Å². The molecule has 0 unspecified atom stereocenters. The number of thiazole rings is 1. The molecule has 28 heavy (non-hydrogen) atoms. The molecule has 0 atom stereocenters. The standard InChI is InChI=1S/C17H14N4O4S.C2H6/c1-11-16(26-15(19-11)12-4-3-9-18-10-12)20(2)17(22)25-14-7-5-13(6-8-14)21(23)24;1-2/h3-10H,1-2H3;1-2H3. The number of hydrogen-bond acceptors (Lipinski definition) is 7. The number of aromatic nitrogens is 2. The zero-order valence-corrected chi connectivity index (χ0v) is 16.8. The van der Waals surface area contributed by atoms with Gasteiger partial charge < -0.3 is 4.74 Å². The second-order valence-electron chi connectivity index (χ2n) is 5.33. The number of nitro groups is 1. The molecule has 0 spiro atoms. The van der Waals surface area contributed by atoms with Crippen LogP contribution in [0.1, 0.15) is 19.5 Å². The van der Waals surface area contributed by atoms with Crippen molar-refractivity contribution in [2.75, 3.05) is 11.9 Å². The van der Waals surface area contributed by atoms with Gasteiger partial charge in [0.2, 0.25) is 0 Å². The van der Waals surface area contributed by atoms with Crippen LogP contribution in [0.3, 0.4) is 0 Å². The molecular weight excluding hydrogens is 380 g/mol. The maximum absolute atomic E-state index is 12.4. The largest absolute Gasteiger partial charge is 0.420 e. The van der Waals surface area contributed by atoms with Gasteiger partial charge in [-0.3, -0.25) is 20.0 Å². The quantitative estimate of drug-likeness (QED) is 0.447. The Kier molecular flexibility index (Phi) is 7.16. The summed E-state index contributed by atoms with van der Waals surface area (Å²) < 4.78 is 5.27. The molecule has 0 N–H and O–H groups in total. The minimum Gasteiger partial charge on any atom is -0.410 e. The smallest absolute Gasteiger partial charge is 0.410 e. The molecule has 3 aromatic rings. The Labute approximate surface area is 166 Å². The lowest BCUT2D eigenvalue weighted by Crippen LogP contribution is -2.29. The van der Waals surface area contributed by atoms with Crippen molar-refractivity contribution in [3.8, 4) is 16.3 Å². The number of ether oxygens (including phenoxy) is 1. The van der Waals surface area contributed by atoms with Gasteiger partial charge in [-0.25, -0.2) is 9.78 Å². The number of rotatable bonds is 4. The van der Waals surface area contributed by atoms with Crippen LogP contribution in [0.15, 0.2) is 48.8 Å². The van der Waals surface area contributed by atoms with Crippen molar-refractivity contribution in [3.05, 3.63) is 64.6 Å². The molecule has 2 aromatic heterocycles. The maximum Gasteiger partial charge on any atom is 0.420 e. The van der Waals surface area contributed by atoms with Gasteiger partial charge in [0.05, 0.1) is 10.6 Å². The topological polar surface area (TPSA) is 98.5 Å². The van der Waals surface area contributed by atoms with Crippen LogP contribution in [0.5, 0.6) is 5.75 Å². The van der Waals surface area contributed by atoms with Gasteiger partial charge in [0, 0.05) is 37.1 Å². The van der Waals surface area contributed by atoms with E-state index in [1.807, 2.05) is 26.0 Å². The fourth-order valence-corrected chi connectivity index (χ4v) is 3.21. The average molecular weight is 400 g/mol. The van der Waals surface area contributed by atoms with Crippen LogP contribution in [-0.4, -0.2) is 28.0 Å². The summed E-state index contributed by atoms with van der Waals surface area (Å²) in [5.41, 5.74) is 1.48. The Balaban J connectivity index is 0.00000136. The lowest BCUT2D eigenvalue weighted by Gasteiger charge is -2.15. The van der Waals surface area contributed by atoms with E-state index in [2.05, 4.69) is 9.97 Å². The van der Waals surface area contributed by atoms with Crippen molar-refractivity contribution < 1.29 is 14.5 Å². The third kappa shape index (κ3) is 4.89. The monoisotopic (exact) mass is 400 g/mol. The molecule has 0 fully saturated rings. The molecular formula is C19H20N4O4S. The van der Waals surface area contributed by atoms with Crippen molar-refractivity contribution in [2.45, 2.75) is 20.8 Å². The molecule has 8 nitrogen and oxygen atoms in total. The number of carbonyl (C=O) groups is 1. The lowest BCUT2D eigenvalue weighted by molar-refractivity contribution is -0.384. The van der Waals surface area contributed by atoms with Crippen LogP contribution in [-0.2, 0) is 0 Å². The van der Waals surface area contributed by atoms with Gasteiger partial charge in [-0.1, -0.05) is 25.2 Å². The van der Waals surface area contributed by atoms with Crippen LogP contribution in [0.4, 0.5) is 15.5 Å². The summed E-state index contributed by atoms with van der Waals surface area (Å²) in [6, 6.07) is 9.03. The van der Waals surface area contributed by atoms with Crippen molar-refractivity contribution in [3.63, 3.8) is 0 Å². The molecule has 1 amide bonds. The third-order valence-corrected chi connectivity index (χ3v) is 4.79. The summed E-state index contributed by atoms with van der Waals surface area (Å²) in [5, 5.41) is 12.1. The minimum atomic E-state index is -0.608. The van der Waals surface area contributed by atoms with E-state index in [4.69, 9.17) is 4.74 Å². The summed E-state index contributed by atoms with van der Waals surface area (Å²) in [5.74, 6) is 0.224. The molecule has 0 bridgehead atoms. The van der Waals surface area contributed by atoms with E-state index >= 15 is 0 Å². The first-order valence-corrected chi connectivity index (χ1v) is 9.35. The van der Waals surface area contributed by atoms with E-state index in [0.717, 1.165) is 10.6 Å². The third-order valence-electron chi connectivity index (χ3n) is 3.51. The van der Waals surface area contributed by atoms with Gasteiger partial charge in [0.1, 0.15) is 15.8 Å². The predicted octanol–water partition coefficient (Wildman–Crippen LogP) is 5.08. The Bertz CT molecular complexity index is 942. The van der Waals surface area contributed by atoms with E-state index in [-0.39, 0.29) is 11.4 Å². The number of hydrogen-bond donors (Lipinski definition) is 0. The number of anilines is 1. The highest BCUT2D eigenvalue weighted by molar-refractivity contribution is 7.19. The molecule has 146 valence electrons. The Hall–Kier alpha value is -3.33. The summed E-state index contributed by atoms with van der Waals surface area (Å²) in [6.45, 7) is 5.81. The Morgan fingerprint density at radius 2 is 1.89 bits per heavy atom. The molecule has 1 aromatic carbocycles. The fourth-order valence-electron chi connectivity index (χ4n) is 2.20. The Morgan fingerprint density at radius 1 is 1.21 bits per heavy atom. The van der Waals surface area contributed by atoms with E-state index in [9.17, 15) is 14.9 Å². The number of amides is 1. The summed E-state index contributed by atoms with van der Waals surface area (Å²) in [4.78, 5) is 32.4. The normalized spacial score (nSPS) is 9.86. The first kappa shape index (κ1) is 21.0. The van der Waals surface area contributed by atoms with Crippen molar-refractivity contribution >= 4 is 28.1 Å². The summed E-state index contributed by atoms with van der Waals surface area (Å²) in [7, 11) is 1.58. The van der Waals surface area contributed by atoms with Crippen LogP contribution in [0, 0.1) is 17.0 Å². The molecule has 0 aliphatic carbocycles. The van der Waals surface area contributed by atoms with Gasteiger partial charge in [0.25, 0.3) is 5.69 Å². The highest BCUT2D eigenvalue weighted by Crippen LogP contribution is 2.34. The van der Waals surface area contributed by atoms with Crippen LogP contribution < -0.4 is 9.64 Å². The number of benzene rings is 1. The number of non-ortho nitro benzene ring substituents is 1. The first-order valence-electron chi connectivity index (χ1n) is 8.53. The van der Waals surface area contributed by atoms with E-state index in [1.54, 1.807) is 26.4 Å². The van der Waals surface area contributed by atoms with Gasteiger partial charge >= 0.3 is 6.09 Å². The van der Waals surface area contributed by atoms with Gasteiger partial charge in [-0.05, 0) is 31.2 Å². The summed E-state index contributed by atoms with van der Waals surface area (Å²) in [6.07, 6.45) is 2.78. The van der Waals surface area contributed by atoms with Gasteiger partial charge in [-0.2, -0.15) is 0 Å². The second-order valence-corrected chi connectivity index (χ2v) is 6.31. The summed E-state index contributed by atoms with van der Waals surface area (Å²) >= 11 is 1.35.